The fourth-order valence-corrected chi connectivity index (χ4v) is 1.12. The summed E-state index contributed by atoms with van der Waals surface area (Å²) < 4.78 is 0. The van der Waals surface area contributed by atoms with Crippen LogP contribution in [0.5, 0.6) is 0 Å². The average molecular weight is 203 g/mol. The Balaban J connectivity index is 2.99. The zero-order chi connectivity index (χ0) is 11.3. The lowest BCUT2D eigenvalue weighted by molar-refractivity contribution is 0.259. The molecule has 0 bridgehead atoms. The number of hydrogen-bond donors (Lipinski definition) is 3. The highest BCUT2D eigenvalue weighted by Crippen LogP contribution is 2.15. The van der Waals surface area contributed by atoms with Crippen LogP contribution >= 0.6 is 0 Å². The van der Waals surface area contributed by atoms with Crippen LogP contribution in [-0.4, -0.2) is 12.6 Å². The SMILES string of the molecule is Cc1ccc(C#CCN)cc1NC(N)=O. The van der Waals surface area contributed by atoms with Crippen molar-refractivity contribution in [3.8, 4) is 11.8 Å². The summed E-state index contributed by atoms with van der Waals surface area (Å²) in [6, 6.07) is 4.92. The third-order valence-corrected chi connectivity index (χ3v) is 1.83. The molecule has 78 valence electrons. The van der Waals surface area contributed by atoms with Gasteiger partial charge in [-0.3, -0.25) is 0 Å². The number of nitrogens with one attached hydrogen (secondary N) is 1. The summed E-state index contributed by atoms with van der Waals surface area (Å²) in [5, 5.41) is 2.53. The van der Waals surface area contributed by atoms with Crippen molar-refractivity contribution in [2.24, 2.45) is 11.5 Å². The number of aryl methyl sites for hydroxylation is 1. The summed E-state index contributed by atoms with van der Waals surface area (Å²) in [5.74, 6) is 5.62. The second kappa shape index (κ2) is 5.03. The van der Waals surface area contributed by atoms with Gasteiger partial charge in [0, 0.05) is 11.3 Å². The third kappa shape index (κ3) is 3.33. The van der Waals surface area contributed by atoms with E-state index in [1.54, 1.807) is 6.07 Å². The molecule has 5 N–H and O–H groups in total. The van der Waals surface area contributed by atoms with Gasteiger partial charge >= 0.3 is 6.03 Å². The molecule has 0 unspecified atom stereocenters. The molecule has 4 nitrogen and oxygen atoms in total. The van der Waals surface area contributed by atoms with Gasteiger partial charge in [0.05, 0.1) is 6.54 Å². The molecule has 0 aliphatic carbocycles. The first-order chi connectivity index (χ1) is 7.13. The Morgan fingerprint density at radius 3 is 2.87 bits per heavy atom. The molecule has 1 aromatic carbocycles. The third-order valence-electron chi connectivity index (χ3n) is 1.83. The molecule has 0 fully saturated rings. The van der Waals surface area contributed by atoms with Gasteiger partial charge in [0.1, 0.15) is 0 Å². The first kappa shape index (κ1) is 11.1. The lowest BCUT2D eigenvalue weighted by atomic mass is 10.1. The Morgan fingerprint density at radius 1 is 1.53 bits per heavy atom. The quantitative estimate of drug-likeness (QED) is 0.590. The molecule has 0 saturated carbocycles. The van der Waals surface area contributed by atoms with Gasteiger partial charge in [-0.05, 0) is 24.6 Å². The summed E-state index contributed by atoms with van der Waals surface area (Å²) in [5.41, 5.74) is 12.7. The van der Waals surface area contributed by atoms with Crippen LogP contribution in [0.2, 0.25) is 0 Å². The van der Waals surface area contributed by atoms with E-state index in [9.17, 15) is 4.79 Å². The van der Waals surface area contributed by atoms with E-state index in [0.29, 0.717) is 12.2 Å². The van der Waals surface area contributed by atoms with Crippen molar-refractivity contribution >= 4 is 11.7 Å². The van der Waals surface area contributed by atoms with E-state index in [4.69, 9.17) is 11.5 Å². The van der Waals surface area contributed by atoms with Crippen LogP contribution < -0.4 is 16.8 Å². The van der Waals surface area contributed by atoms with Crippen LogP contribution in [0.4, 0.5) is 10.5 Å². The molecule has 0 aromatic heterocycles. The van der Waals surface area contributed by atoms with Crippen molar-refractivity contribution in [1.29, 1.82) is 0 Å². The standard InChI is InChI=1S/C11H13N3O/c1-8-4-5-9(3-2-6-12)7-10(8)14-11(13)15/h4-5,7H,6,12H2,1H3,(H3,13,14,15). The second-order valence-electron chi connectivity index (χ2n) is 3.02. The summed E-state index contributed by atoms with van der Waals surface area (Å²) in [6.07, 6.45) is 0. The van der Waals surface area contributed by atoms with E-state index < -0.39 is 6.03 Å². The Morgan fingerprint density at radius 2 is 2.27 bits per heavy atom. The van der Waals surface area contributed by atoms with Crippen molar-refractivity contribution in [2.45, 2.75) is 6.92 Å². The molecule has 0 atom stereocenters. The molecular weight excluding hydrogens is 190 g/mol. The van der Waals surface area contributed by atoms with Crippen LogP contribution in [0.25, 0.3) is 0 Å². The monoisotopic (exact) mass is 203 g/mol. The van der Waals surface area contributed by atoms with Crippen molar-refractivity contribution < 1.29 is 4.79 Å². The van der Waals surface area contributed by atoms with E-state index in [1.807, 2.05) is 19.1 Å². The van der Waals surface area contributed by atoms with Gasteiger partial charge in [-0.15, -0.1) is 0 Å². The van der Waals surface area contributed by atoms with Gasteiger partial charge in [-0.25, -0.2) is 4.79 Å². The van der Waals surface area contributed by atoms with Crippen LogP contribution in [0.15, 0.2) is 18.2 Å². The van der Waals surface area contributed by atoms with Crippen LogP contribution in [0.1, 0.15) is 11.1 Å². The van der Waals surface area contributed by atoms with Crippen molar-refractivity contribution in [2.75, 3.05) is 11.9 Å². The number of rotatable bonds is 1. The van der Waals surface area contributed by atoms with E-state index in [2.05, 4.69) is 17.2 Å². The summed E-state index contributed by atoms with van der Waals surface area (Å²) in [7, 11) is 0. The van der Waals surface area contributed by atoms with Gasteiger partial charge in [0.15, 0.2) is 0 Å². The Hall–Kier alpha value is -1.99. The maximum absolute atomic E-state index is 10.7. The molecule has 0 saturated heterocycles. The highest BCUT2D eigenvalue weighted by atomic mass is 16.2. The lowest BCUT2D eigenvalue weighted by Gasteiger charge is -2.05. The minimum atomic E-state index is -0.581. The molecule has 1 rings (SSSR count). The van der Waals surface area contributed by atoms with E-state index in [0.717, 1.165) is 11.1 Å². The number of hydrogen-bond acceptors (Lipinski definition) is 2. The predicted molar refractivity (Wildman–Crippen MR) is 60.3 cm³/mol. The zero-order valence-corrected chi connectivity index (χ0v) is 8.50. The minimum absolute atomic E-state index is 0.312. The van der Waals surface area contributed by atoms with Crippen molar-refractivity contribution in [3.05, 3.63) is 29.3 Å². The summed E-state index contributed by atoms with van der Waals surface area (Å²) >= 11 is 0. The maximum atomic E-state index is 10.7. The zero-order valence-electron chi connectivity index (χ0n) is 8.50. The fourth-order valence-electron chi connectivity index (χ4n) is 1.12. The van der Waals surface area contributed by atoms with Crippen LogP contribution in [-0.2, 0) is 0 Å². The number of nitrogens with two attached hydrogens (primary N) is 2. The van der Waals surface area contributed by atoms with Crippen molar-refractivity contribution in [3.63, 3.8) is 0 Å². The minimum Gasteiger partial charge on any atom is -0.351 e. The number of carbonyl (C=O) groups is 1. The highest BCUT2D eigenvalue weighted by molar-refractivity contribution is 5.88. The molecule has 4 heteroatoms. The largest absolute Gasteiger partial charge is 0.351 e. The fraction of sp³-hybridized carbons (Fsp3) is 0.182. The lowest BCUT2D eigenvalue weighted by Crippen LogP contribution is -2.19. The highest BCUT2D eigenvalue weighted by Gasteiger charge is 2.00. The van der Waals surface area contributed by atoms with Gasteiger partial charge in [-0.1, -0.05) is 17.9 Å². The molecule has 0 spiro atoms. The molecule has 0 aliphatic heterocycles. The molecule has 2 amide bonds. The van der Waals surface area contributed by atoms with Gasteiger partial charge in [0.25, 0.3) is 0 Å². The van der Waals surface area contributed by atoms with Gasteiger partial charge in [-0.2, -0.15) is 0 Å². The predicted octanol–water partition coefficient (Wildman–Crippen LogP) is 0.796. The van der Waals surface area contributed by atoms with Gasteiger partial charge in [0.2, 0.25) is 0 Å². The number of carbonyl (C=O) groups excluding carboxylic acids is 1. The Labute approximate surface area is 88.6 Å². The Bertz CT molecular complexity index is 429. The first-order valence-corrected chi connectivity index (χ1v) is 4.49. The topological polar surface area (TPSA) is 81.1 Å². The number of urea groups is 1. The summed E-state index contributed by atoms with van der Waals surface area (Å²) in [4.78, 5) is 10.7. The smallest absolute Gasteiger partial charge is 0.316 e. The summed E-state index contributed by atoms with van der Waals surface area (Å²) in [6.45, 7) is 2.19. The first-order valence-electron chi connectivity index (χ1n) is 4.49. The maximum Gasteiger partial charge on any atom is 0.316 e. The molecule has 1 aromatic rings. The van der Waals surface area contributed by atoms with Gasteiger partial charge < -0.3 is 16.8 Å². The molecule has 0 heterocycles. The Kier molecular flexibility index (Phi) is 3.72. The molecule has 15 heavy (non-hydrogen) atoms. The van der Waals surface area contributed by atoms with Crippen LogP contribution in [0, 0.1) is 18.8 Å². The van der Waals surface area contributed by atoms with Crippen LogP contribution in [0.3, 0.4) is 0 Å². The van der Waals surface area contributed by atoms with E-state index >= 15 is 0 Å². The number of amides is 2. The number of benzene rings is 1. The molecular formula is C11H13N3O. The van der Waals surface area contributed by atoms with Crippen molar-refractivity contribution in [1.82, 2.24) is 0 Å². The number of anilines is 1. The normalized spacial score (nSPS) is 8.93. The molecule has 0 aliphatic rings. The number of primary amides is 1. The van der Waals surface area contributed by atoms with E-state index in [-0.39, 0.29) is 0 Å². The van der Waals surface area contributed by atoms with E-state index in [1.165, 1.54) is 0 Å². The molecule has 0 radical (unpaired) electrons. The average Bonchev–Trinajstić information content (AvgIpc) is 2.18. The second-order valence-corrected chi connectivity index (χ2v) is 3.02.